The molecule has 28 heavy (non-hydrogen) atoms. The average molecular weight is 401 g/mol. The second-order valence-corrected chi connectivity index (χ2v) is 9.57. The van der Waals surface area contributed by atoms with Crippen molar-refractivity contribution >= 4 is 21.8 Å². The average Bonchev–Trinajstić information content (AvgIpc) is 3.01. The van der Waals surface area contributed by atoms with Crippen LogP contribution in [0.3, 0.4) is 0 Å². The Bertz CT molecular complexity index is 967. The van der Waals surface area contributed by atoms with Gasteiger partial charge in [0.05, 0.1) is 11.9 Å². The monoisotopic (exact) mass is 400 g/mol. The van der Waals surface area contributed by atoms with Gasteiger partial charge in [-0.05, 0) is 30.0 Å². The van der Waals surface area contributed by atoms with Crippen molar-refractivity contribution in [1.29, 1.82) is 0 Å². The molecule has 0 bridgehead atoms. The second-order valence-electron chi connectivity index (χ2n) is 7.59. The largest absolute Gasteiger partial charge is 0.444 e. The first-order chi connectivity index (χ1) is 13.4. The van der Waals surface area contributed by atoms with Crippen molar-refractivity contribution in [1.82, 2.24) is 4.31 Å². The molecule has 1 amide bonds. The number of anilines is 1. The van der Waals surface area contributed by atoms with Gasteiger partial charge in [-0.25, -0.2) is 17.5 Å². The highest BCUT2D eigenvalue weighted by Gasteiger charge is 2.47. The summed E-state index contributed by atoms with van der Waals surface area (Å²) >= 11 is 0. The molecule has 0 N–H and O–H groups in total. The van der Waals surface area contributed by atoms with E-state index in [1.165, 1.54) is 10.6 Å². The zero-order valence-electron chi connectivity index (χ0n) is 15.9. The Hall–Kier alpha value is -2.38. The van der Waals surface area contributed by atoms with Crippen LogP contribution in [0.2, 0.25) is 0 Å². The molecule has 1 saturated heterocycles. The van der Waals surface area contributed by atoms with Crippen LogP contribution < -0.4 is 4.90 Å². The first-order valence-electron chi connectivity index (χ1n) is 9.42. The van der Waals surface area contributed by atoms with Gasteiger partial charge >= 0.3 is 6.09 Å². The number of nitrogens with zero attached hydrogens (tertiary/aromatic N) is 2. The van der Waals surface area contributed by atoms with Crippen LogP contribution in [-0.2, 0) is 26.8 Å². The fourth-order valence-electron chi connectivity index (χ4n) is 4.26. The van der Waals surface area contributed by atoms with E-state index in [4.69, 9.17) is 4.74 Å². The molecule has 2 aliphatic heterocycles. The highest BCUT2D eigenvalue weighted by Crippen LogP contribution is 2.47. The van der Waals surface area contributed by atoms with Gasteiger partial charge in [-0.1, -0.05) is 48.5 Å². The van der Waals surface area contributed by atoms with Crippen molar-refractivity contribution in [3.8, 4) is 0 Å². The Balaban J connectivity index is 1.52. The van der Waals surface area contributed by atoms with Gasteiger partial charge < -0.3 is 4.74 Å². The van der Waals surface area contributed by atoms with Crippen LogP contribution in [0.1, 0.15) is 24.0 Å². The predicted molar refractivity (Wildman–Crippen MR) is 108 cm³/mol. The third kappa shape index (κ3) is 3.52. The SMILES string of the molecule is CS(=O)(=O)N1CCC2(CC1)CN(C(=O)OCc1ccccc1)c1ccccc12. The molecular weight excluding hydrogens is 376 g/mol. The maximum absolute atomic E-state index is 12.8. The summed E-state index contributed by atoms with van der Waals surface area (Å²) in [6, 6.07) is 17.5. The molecule has 6 nitrogen and oxygen atoms in total. The van der Waals surface area contributed by atoms with E-state index in [2.05, 4.69) is 6.07 Å². The number of hydrogen-bond donors (Lipinski definition) is 0. The summed E-state index contributed by atoms with van der Waals surface area (Å²) in [6.45, 7) is 1.70. The number of rotatable bonds is 3. The molecule has 1 fully saturated rings. The first kappa shape index (κ1) is 19.0. The lowest BCUT2D eigenvalue weighted by Crippen LogP contribution is -2.47. The van der Waals surface area contributed by atoms with Gasteiger partial charge in [-0.3, -0.25) is 4.90 Å². The van der Waals surface area contributed by atoms with Crippen LogP contribution in [0.5, 0.6) is 0 Å². The smallest absolute Gasteiger partial charge is 0.414 e. The molecule has 4 rings (SSSR count). The number of benzene rings is 2. The van der Waals surface area contributed by atoms with Gasteiger partial charge in [0.2, 0.25) is 10.0 Å². The molecule has 0 aliphatic carbocycles. The van der Waals surface area contributed by atoms with Crippen molar-refractivity contribution in [2.24, 2.45) is 0 Å². The van der Waals surface area contributed by atoms with Crippen LogP contribution in [0.4, 0.5) is 10.5 Å². The van der Waals surface area contributed by atoms with E-state index < -0.39 is 10.0 Å². The van der Waals surface area contributed by atoms with E-state index in [1.807, 2.05) is 48.5 Å². The number of para-hydroxylation sites is 1. The molecule has 2 aliphatic rings. The van der Waals surface area contributed by atoms with Crippen LogP contribution in [0.15, 0.2) is 54.6 Å². The summed E-state index contributed by atoms with van der Waals surface area (Å²) in [6.07, 6.45) is 2.28. The van der Waals surface area contributed by atoms with Crippen LogP contribution in [-0.4, -0.2) is 44.7 Å². The minimum absolute atomic E-state index is 0.219. The summed E-state index contributed by atoms with van der Waals surface area (Å²) in [5.41, 5.74) is 2.71. The van der Waals surface area contributed by atoms with E-state index in [0.29, 0.717) is 32.5 Å². The molecule has 2 aromatic carbocycles. The first-order valence-corrected chi connectivity index (χ1v) is 11.3. The molecule has 0 saturated carbocycles. The molecule has 0 atom stereocenters. The minimum atomic E-state index is -3.19. The third-order valence-corrected chi connectivity index (χ3v) is 7.10. The molecular formula is C21H24N2O4S. The molecule has 2 heterocycles. The summed E-state index contributed by atoms with van der Waals surface area (Å²) in [7, 11) is -3.19. The number of ether oxygens (including phenoxy) is 1. The molecule has 0 unspecified atom stereocenters. The van der Waals surface area contributed by atoms with Gasteiger partial charge in [0.25, 0.3) is 0 Å². The highest BCUT2D eigenvalue weighted by atomic mass is 32.2. The Morgan fingerprint density at radius 2 is 1.68 bits per heavy atom. The third-order valence-electron chi connectivity index (χ3n) is 5.80. The number of piperidine rings is 1. The Morgan fingerprint density at radius 3 is 2.36 bits per heavy atom. The van der Waals surface area contributed by atoms with Crippen molar-refractivity contribution in [3.05, 3.63) is 65.7 Å². The lowest BCUT2D eigenvalue weighted by atomic mass is 9.75. The Labute approximate surface area is 165 Å². The zero-order chi connectivity index (χ0) is 19.8. The van der Waals surface area contributed by atoms with Gasteiger partial charge in [-0.2, -0.15) is 0 Å². The summed E-state index contributed by atoms with van der Waals surface area (Å²) in [5.74, 6) is 0. The summed E-state index contributed by atoms with van der Waals surface area (Å²) in [5, 5.41) is 0. The number of sulfonamides is 1. The van der Waals surface area contributed by atoms with Gasteiger partial charge in [0.1, 0.15) is 6.61 Å². The van der Waals surface area contributed by atoms with Crippen LogP contribution in [0, 0.1) is 0 Å². The quantitative estimate of drug-likeness (QED) is 0.794. The maximum Gasteiger partial charge on any atom is 0.414 e. The number of hydrogen-bond acceptors (Lipinski definition) is 4. The number of carbonyl (C=O) groups excluding carboxylic acids is 1. The van der Waals surface area contributed by atoms with Crippen LogP contribution >= 0.6 is 0 Å². The summed E-state index contributed by atoms with van der Waals surface area (Å²) in [4.78, 5) is 14.5. The Morgan fingerprint density at radius 1 is 1.04 bits per heavy atom. The minimum Gasteiger partial charge on any atom is -0.444 e. The van der Waals surface area contributed by atoms with Gasteiger partial charge in [0, 0.05) is 25.0 Å². The molecule has 2 aromatic rings. The topological polar surface area (TPSA) is 66.9 Å². The molecule has 0 aromatic heterocycles. The normalized spacial score (nSPS) is 18.8. The number of amides is 1. The number of carbonyl (C=O) groups is 1. The van der Waals surface area contributed by atoms with E-state index in [-0.39, 0.29) is 18.1 Å². The molecule has 0 radical (unpaired) electrons. The van der Waals surface area contributed by atoms with Crippen molar-refractivity contribution in [2.45, 2.75) is 24.9 Å². The highest BCUT2D eigenvalue weighted by molar-refractivity contribution is 7.88. The van der Waals surface area contributed by atoms with Crippen LogP contribution in [0.25, 0.3) is 0 Å². The second kappa shape index (κ2) is 7.22. The van der Waals surface area contributed by atoms with Gasteiger partial charge in [0.15, 0.2) is 0 Å². The molecule has 7 heteroatoms. The lowest BCUT2D eigenvalue weighted by molar-refractivity contribution is 0.145. The zero-order valence-corrected chi connectivity index (χ0v) is 16.7. The standard InChI is InChI=1S/C21H24N2O4S/c1-28(25,26)22-13-11-21(12-14-22)16-23(19-10-6-5-9-18(19)21)20(24)27-15-17-7-3-2-4-8-17/h2-10H,11-16H2,1H3. The van der Waals surface area contributed by atoms with Crippen molar-refractivity contribution < 1.29 is 17.9 Å². The van der Waals surface area contributed by atoms with E-state index in [9.17, 15) is 13.2 Å². The van der Waals surface area contributed by atoms with E-state index in [1.54, 1.807) is 4.90 Å². The fourth-order valence-corrected chi connectivity index (χ4v) is 5.11. The van der Waals surface area contributed by atoms with E-state index in [0.717, 1.165) is 16.8 Å². The van der Waals surface area contributed by atoms with Gasteiger partial charge in [-0.15, -0.1) is 0 Å². The van der Waals surface area contributed by atoms with Crippen molar-refractivity contribution in [2.75, 3.05) is 30.8 Å². The summed E-state index contributed by atoms with van der Waals surface area (Å²) < 4.78 is 30.8. The lowest BCUT2D eigenvalue weighted by Gasteiger charge is -2.38. The van der Waals surface area contributed by atoms with Crippen molar-refractivity contribution in [3.63, 3.8) is 0 Å². The molecule has 148 valence electrons. The number of fused-ring (bicyclic) bond motifs is 2. The predicted octanol–water partition coefficient (Wildman–Crippen LogP) is 3.14. The molecule has 1 spiro atoms. The maximum atomic E-state index is 12.8. The fraction of sp³-hybridized carbons (Fsp3) is 0.381. The Kier molecular flexibility index (Phi) is 4.89. The van der Waals surface area contributed by atoms with E-state index >= 15 is 0 Å².